The Balaban J connectivity index is 1.74. The monoisotopic (exact) mass is 502 g/mol. The zero-order chi connectivity index (χ0) is 25.5. The summed E-state index contributed by atoms with van der Waals surface area (Å²) in [6, 6.07) is 26.0. The van der Waals surface area contributed by atoms with Crippen LogP contribution >= 0.6 is 11.6 Å². The van der Waals surface area contributed by atoms with Crippen LogP contribution < -0.4 is 16.6 Å². The van der Waals surface area contributed by atoms with Gasteiger partial charge in [0.15, 0.2) is 0 Å². The minimum absolute atomic E-state index is 0.0221. The molecule has 4 aromatic rings. The molecule has 0 radical (unpaired) electrons. The van der Waals surface area contributed by atoms with Gasteiger partial charge in [0.05, 0.1) is 17.4 Å². The van der Waals surface area contributed by atoms with Crippen LogP contribution in [-0.2, 0) is 6.54 Å². The van der Waals surface area contributed by atoms with Crippen molar-refractivity contribution in [3.05, 3.63) is 111 Å². The molecule has 2 atom stereocenters. The molecular formula is C30H35ClN4O. The van der Waals surface area contributed by atoms with Crippen LogP contribution in [0.4, 0.5) is 0 Å². The minimum Gasteiger partial charge on any atom is -0.330 e. The zero-order valence-corrected chi connectivity index (χ0v) is 21.8. The van der Waals surface area contributed by atoms with Crippen molar-refractivity contribution in [3.63, 3.8) is 0 Å². The Morgan fingerprint density at radius 2 is 1.69 bits per heavy atom. The summed E-state index contributed by atoms with van der Waals surface area (Å²) < 4.78 is 1.84. The largest absolute Gasteiger partial charge is 0.330 e. The van der Waals surface area contributed by atoms with Gasteiger partial charge in [-0.3, -0.25) is 9.36 Å². The molecule has 0 spiro atoms. The molecule has 2 unspecified atom stereocenters. The Morgan fingerprint density at radius 1 is 1.00 bits per heavy atom. The van der Waals surface area contributed by atoms with Crippen LogP contribution in [0.2, 0.25) is 5.02 Å². The van der Waals surface area contributed by atoms with Gasteiger partial charge < -0.3 is 11.1 Å². The van der Waals surface area contributed by atoms with E-state index in [4.69, 9.17) is 22.3 Å². The maximum absolute atomic E-state index is 13.7. The summed E-state index contributed by atoms with van der Waals surface area (Å²) in [6.07, 6.45) is 1.88. The second-order valence-corrected chi connectivity index (χ2v) is 10.1. The molecule has 0 aliphatic carbocycles. The number of aromatic nitrogens is 2. The summed E-state index contributed by atoms with van der Waals surface area (Å²) in [7, 11) is 0. The molecule has 0 aliphatic heterocycles. The second-order valence-electron chi connectivity index (χ2n) is 9.66. The lowest BCUT2D eigenvalue weighted by atomic mass is 9.92. The average molecular weight is 503 g/mol. The Hall–Kier alpha value is -2.99. The van der Waals surface area contributed by atoms with E-state index in [-0.39, 0.29) is 23.4 Å². The molecule has 0 fully saturated rings. The predicted octanol–water partition coefficient (Wildman–Crippen LogP) is 5.91. The van der Waals surface area contributed by atoms with E-state index in [1.54, 1.807) is 18.2 Å². The number of halogens is 1. The molecule has 6 heteroatoms. The van der Waals surface area contributed by atoms with Gasteiger partial charge in [0, 0.05) is 23.5 Å². The van der Waals surface area contributed by atoms with E-state index >= 15 is 0 Å². The van der Waals surface area contributed by atoms with Crippen LogP contribution in [0.3, 0.4) is 0 Å². The van der Waals surface area contributed by atoms with Crippen molar-refractivity contribution < 1.29 is 0 Å². The highest BCUT2D eigenvalue weighted by atomic mass is 35.5. The normalized spacial score (nSPS) is 13.2. The average Bonchev–Trinajstić information content (AvgIpc) is 2.88. The first-order valence-electron chi connectivity index (χ1n) is 12.7. The van der Waals surface area contributed by atoms with Gasteiger partial charge in [-0.2, -0.15) is 0 Å². The number of nitrogens with two attached hydrogens (primary N) is 1. The van der Waals surface area contributed by atoms with Crippen LogP contribution in [0.1, 0.15) is 55.6 Å². The molecule has 0 aliphatic rings. The zero-order valence-electron chi connectivity index (χ0n) is 21.0. The first-order valence-corrected chi connectivity index (χ1v) is 13.1. The maximum Gasteiger partial charge on any atom is 0.261 e. The lowest BCUT2D eigenvalue weighted by molar-refractivity contribution is 0.387. The van der Waals surface area contributed by atoms with Crippen molar-refractivity contribution in [2.24, 2.45) is 11.7 Å². The lowest BCUT2D eigenvalue weighted by Gasteiger charge is -2.28. The highest BCUT2D eigenvalue weighted by Crippen LogP contribution is 2.27. The van der Waals surface area contributed by atoms with Crippen LogP contribution in [0.25, 0.3) is 10.9 Å². The number of fused-ring (bicyclic) bond motifs is 1. The lowest BCUT2D eigenvalue weighted by Crippen LogP contribution is -2.35. The predicted molar refractivity (Wildman–Crippen MR) is 150 cm³/mol. The molecule has 3 aromatic carbocycles. The topological polar surface area (TPSA) is 72.9 Å². The summed E-state index contributed by atoms with van der Waals surface area (Å²) in [5, 5.41) is 4.94. The van der Waals surface area contributed by atoms with Crippen LogP contribution in [0.15, 0.2) is 83.7 Å². The van der Waals surface area contributed by atoms with E-state index in [0.717, 1.165) is 24.2 Å². The smallest absolute Gasteiger partial charge is 0.261 e. The minimum atomic E-state index is -0.0380. The van der Waals surface area contributed by atoms with Crippen molar-refractivity contribution in [1.29, 1.82) is 0 Å². The highest BCUT2D eigenvalue weighted by molar-refractivity contribution is 6.31. The molecule has 188 valence electrons. The van der Waals surface area contributed by atoms with E-state index in [1.807, 2.05) is 41.0 Å². The summed E-state index contributed by atoms with van der Waals surface area (Å²) >= 11 is 6.28. The third-order valence-corrected chi connectivity index (χ3v) is 6.98. The van der Waals surface area contributed by atoms with Gasteiger partial charge in [-0.15, -0.1) is 0 Å². The SMILES string of the molecule is CC(C)C(CNC(CCCN)c1ccccc1)c1nc2cc(Cl)ccc2c(=O)n1Cc1ccccc1. The Labute approximate surface area is 218 Å². The molecular weight excluding hydrogens is 468 g/mol. The van der Waals surface area contributed by atoms with Crippen molar-refractivity contribution in [2.75, 3.05) is 13.1 Å². The third-order valence-electron chi connectivity index (χ3n) is 6.75. The van der Waals surface area contributed by atoms with Gasteiger partial charge in [0.2, 0.25) is 0 Å². The van der Waals surface area contributed by atoms with Gasteiger partial charge in [-0.1, -0.05) is 86.1 Å². The van der Waals surface area contributed by atoms with Crippen LogP contribution in [-0.4, -0.2) is 22.6 Å². The number of rotatable bonds is 11. The van der Waals surface area contributed by atoms with Crippen molar-refractivity contribution in [3.8, 4) is 0 Å². The molecule has 4 rings (SSSR count). The van der Waals surface area contributed by atoms with E-state index in [9.17, 15) is 4.79 Å². The fourth-order valence-corrected chi connectivity index (χ4v) is 4.87. The summed E-state index contributed by atoms with van der Waals surface area (Å²) in [5.41, 5.74) is 8.75. The Bertz CT molecular complexity index is 1320. The van der Waals surface area contributed by atoms with E-state index in [1.165, 1.54) is 5.56 Å². The highest BCUT2D eigenvalue weighted by Gasteiger charge is 2.25. The summed E-state index contributed by atoms with van der Waals surface area (Å²) in [6.45, 7) is 6.19. The van der Waals surface area contributed by atoms with E-state index < -0.39 is 0 Å². The maximum atomic E-state index is 13.7. The number of nitrogens with zero attached hydrogens (tertiary/aromatic N) is 2. The Kier molecular flexibility index (Phi) is 8.92. The van der Waals surface area contributed by atoms with E-state index in [2.05, 4.69) is 43.4 Å². The van der Waals surface area contributed by atoms with E-state index in [0.29, 0.717) is 35.6 Å². The van der Waals surface area contributed by atoms with Gasteiger partial charge in [0.25, 0.3) is 5.56 Å². The van der Waals surface area contributed by atoms with Crippen molar-refractivity contribution >= 4 is 22.5 Å². The Morgan fingerprint density at radius 3 is 2.36 bits per heavy atom. The van der Waals surface area contributed by atoms with Crippen molar-refractivity contribution in [1.82, 2.24) is 14.9 Å². The number of hydrogen-bond acceptors (Lipinski definition) is 4. The summed E-state index contributed by atoms with van der Waals surface area (Å²) in [5.74, 6) is 1.06. The molecule has 0 amide bonds. The second kappa shape index (κ2) is 12.3. The summed E-state index contributed by atoms with van der Waals surface area (Å²) in [4.78, 5) is 18.8. The third kappa shape index (κ3) is 6.22. The van der Waals surface area contributed by atoms with Gasteiger partial charge >= 0.3 is 0 Å². The number of hydrogen-bond donors (Lipinski definition) is 2. The molecule has 3 N–H and O–H groups in total. The molecule has 1 aromatic heterocycles. The fourth-order valence-electron chi connectivity index (χ4n) is 4.70. The first kappa shape index (κ1) is 26.1. The molecule has 1 heterocycles. The van der Waals surface area contributed by atoms with Crippen LogP contribution in [0.5, 0.6) is 0 Å². The standard InChI is InChI=1S/C30H35ClN4O/c1-21(2)26(19-33-27(14-9-17-32)23-12-7-4-8-13-23)29-34-28-18-24(31)15-16-25(28)30(36)35(29)20-22-10-5-3-6-11-22/h3-8,10-13,15-16,18,21,26-27,33H,9,14,17,19-20,32H2,1-2H3. The molecule has 0 saturated carbocycles. The van der Waals surface area contributed by atoms with Crippen molar-refractivity contribution in [2.45, 2.75) is 45.2 Å². The number of nitrogens with one attached hydrogen (secondary N) is 1. The number of benzene rings is 3. The molecule has 0 saturated heterocycles. The first-order chi connectivity index (χ1) is 17.5. The van der Waals surface area contributed by atoms with Crippen LogP contribution in [0, 0.1) is 5.92 Å². The van der Waals surface area contributed by atoms with Gasteiger partial charge in [-0.05, 0) is 54.6 Å². The molecule has 5 nitrogen and oxygen atoms in total. The van der Waals surface area contributed by atoms with Gasteiger partial charge in [-0.25, -0.2) is 4.98 Å². The van der Waals surface area contributed by atoms with Gasteiger partial charge in [0.1, 0.15) is 5.82 Å². The quantitative estimate of drug-likeness (QED) is 0.267. The fraction of sp³-hybridized carbons (Fsp3) is 0.333. The molecule has 36 heavy (non-hydrogen) atoms. The molecule has 0 bridgehead atoms.